The molecule has 5 nitrogen and oxygen atoms in total. The molecule has 3 N–H and O–H groups in total. The number of hydrogen-bond donors (Lipinski definition) is 3. The van der Waals surface area contributed by atoms with E-state index >= 15 is 0 Å². The molecule has 1 rings (SSSR count). The zero-order chi connectivity index (χ0) is 13.5. The fourth-order valence-electron chi connectivity index (χ4n) is 1.47. The highest BCUT2D eigenvalue weighted by atomic mass is 32.1. The van der Waals surface area contributed by atoms with Crippen LogP contribution in [0, 0.1) is 10.9 Å². The number of rotatable bonds is 7. The van der Waals surface area contributed by atoms with E-state index in [0.717, 1.165) is 10.6 Å². The van der Waals surface area contributed by atoms with Gasteiger partial charge in [-0.1, -0.05) is 0 Å². The van der Waals surface area contributed by atoms with E-state index in [4.69, 9.17) is 17.0 Å². The second-order valence-corrected chi connectivity index (χ2v) is 5.76. The lowest BCUT2D eigenvalue weighted by atomic mass is 10.2. The summed E-state index contributed by atoms with van der Waals surface area (Å²) < 4.78 is 5.48. The number of nitrogens with one attached hydrogen (secondary N) is 2. The van der Waals surface area contributed by atoms with Crippen LogP contribution in [0.5, 0.6) is 0 Å². The Hall–Kier alpha value is -0.760. The van der Waals surface area contributed by atoms with Crippen molar-refractivity contribution in [3.8, 4) is 0 Å². The lowest BCUT2D eigenvalue weighted by molar-refractivity contribution is -0.120. The third-order valence-corrected chi connectivity index (χ3v) is 3.74. The normalized spacial score (nSPS) is 12.4. The molecule has 0 aliphatic rings. The van der Waals surface area contributed by atoms with Crippen molar-refractivity contribution in [2.75, 3.05) is 20.3 Å². The molecule has 1 unspecified atom stereocenters. The molecule has 0 radical (unpaired) electrons. The number of H-pyrrole nitrogens is 1. The van der Waals surface area contributed by atoms with Gasteiger partial charge >= 0.3 is 0 Å². The van der Waals surface area contributed by atoms with Crippen molar-refractivity contribution < 1.29 is 14.6 Å². The Morgan fingerprint density at radius 3 is 2.94 bits per heavy atom. The molecular formula is C11H18N2O3S2. The summed E-state index contributed by atoms with van der Waals surface area (Å²) in [4.78, 5) is 15.6. The van der Waals surface area contributed by atoms with Gasteiger partial charge in [-0.15, -0.1) is 11.3 Å². The number of ether oxygens (including phenoxy) is 1. The third-order valence-electron chi connectivity index (χ3n) is 2.40. The average molecular weight is 290 g/mol. The molecule has 1 amide bonds. The first kappa shape index (κ1) is 15.3. The number of aromatic amines is 1. The van der Waals surface area contributed by atoms with Crippen molar-refractivity contribution in [3.05, 3.63) is 14.5 Å². The predicted molar refractivity (Wildman–Crippen MR) is 73.5 cm³/mol. The minimum Gasteiger partial charge on any atom is -0.391 e. The van der Waals surface area contributed by atoms with Gasteiger partial charge in [-0.2, -0.15) is 0 Å². The van der Waals surface area contributed by atoms with Crippen LogP contribution in [0.15, 0.2) is 0 Å². The van der Waals surface area contributed by atoms with Crippen molar-refractivity contribution >= 4 is 29.5 Å². The monoisotopic (exact) mass is 290 g/mol. The van der Waals surface area contributed by atoms with Gasteiger partial charge in [0, 0.05) is 24.2 Å². The van der Waals surface area contributed by atoms with Crippen LogP contribution < -0.4 is 5.32 Å². The first-order valence-electron chi connectivity index (χ1n) is 5.65. The Kier molecular flexibility index (Phi) is 6.48. The van der Waals surface area contributed by atoms with Crippen molar-refractivity contribution in [1.29, 1.82) is 0 Å². The number of hydrogen-bond acceptors (Lipinski definition) is 5. The zero-order valence-electron chi connectivity index (χ0n) is 10.5. The topological polar surface area (TPSA) is 74.3 Å². The molecule has 102 valence electrons. The summed E-state index contributed by atoms with van der Waals surface area (Å²) in [6.07, 6.45) is 0.275. The molecular weight excluding hydrogens is 272 g/mol. The molecule has 0 bridgehead atoms. The molecule has 0 saturated carbocycles. The maximum absolute atomic E-state index is 11.6. The van der Waals surface area contributed by atoms with Crippen LogP contribution in [-0.4, -0.2) is 42.4 Å². The van der Waals surface area contributed by atoms with E-state index in [0.29, 0.717) is 23.3 Å². The fourth-order valence-corrected chi connectivity index (χ4v) is 2.76. The maximum atomic E-state index is 11.6. The summed E-state index contributed by atoms with van der Waals surface area (Å²) in [5.74, 6) is -0.0621. The third kappa shape index (κ3) is 5.26. The summed E-state index contributed by atoms with van der Waals surface area (Å²) in [5.41, 5.74) is 0.944. The van der Waals surface area contributed by atoms with Gasteiger partial charge in [-0.05, 0) is 25.6 Å². The van der Waals surface area contributed by atoms with Crippen LogP contribution in [0.3, 0.4) is 0 Å². The summed E-state index contributed by atoms with van der Waals surface area (Å²) in [6.45, 7) is 2.63. The van der Waals surface area contributed by atoms with E-state index < -0.39 is 6.10 Å². The molecule has 0 spiro atoms. The minimum atomic E-state index is -0.536. The number of carbonyl (C=O) groups excluding carboxylic acids is 1. The number of methoxy groups -OCH3 is 1. The van der Waals surface area contributed by atoms with Crippen molar-refractivity contribution in [3.63, 3.8) is 0 Å². The van der Waals surface area contributed by atoms with Crippen LogP contribution in [-0.2, 0) is 16.0 Å². The second kappa shape index (κ2) is 7.63. The Labute approximate surface area is 115 Å². The summed E-state index contributed by atoms with van der Waals surface area (Å²) in [5, 5.41) is 12.2. The van der Waals surface area contributed by atoms with E-state index in [1.165, 1.54) is 18.4 Å². The molecule has 0 saturated heterocycles. The number of thiazole rings is 1. The molecule has 1 aromatic heterocycles. The van der Waals surface area contributed by atoms with Gasteiger partial charge in [0.1, 0.15) is 0 Å². The van der Waals surface area contributed by atoms with E-state index in [1.807, 2.05) is 6.92 Å². The Bertz CT molecular complexity index is 442. The van der Waals surface area contributed by atoms with Gasteiger partial charge in [0.05, 0.1) is 19.1 Å². The van der Waals surface area contributed by atoms with Gasteiger partial charge in [-0.25, -0.2) is 0 Å². The standard InChI is InChI=1S/C11H18N2O3S2/c1-7-9(18-11(17)13-7)5-10(15)12-4-3-8(14)6-16-2/h8,14H,3-6H2,1-2H3,(H,12,15)(H,13,17). The number of carbonyl (C=O) groups is 1. The van der Waals surface area contributed by atoms with E-state index in [9.17, 15) is 9.90 Å². The molecule has 1 aromatic rings. The van der Waals surface area contributed by atoms with Gasteiger partial charge in [-0.3, -0.25) is 4.79 Å². The molecule has 0 aliphatic heterocycles. The molecule has 1 heterocycles. The Morgan fingerprint density at radius 1 is 1.67 bits per heavy atom. The van der Waals surface area contributed by atoms with Crippen LogP contribution in [0.2, 0.25) is 0 Å². The lowest BCUT2D eigenvalue weighted by Crippen LogP contribution is -2.29. The summed E-state index contributed by atoms with van der Waals surface area (Å²) in [7, 11) is 1.53. The highest BCUT2D eigenvalue weighted by Crippen LogP contribution is 2.14. The molecule has 18 heavy (non-hydrogen) atoms. The number of aryl methyl sites for hydroxylation is 1. The van der Waals surface area contributed by atoms with Crippen molar-refractivity contribution in [2.45, 2.75) is 25.9 Å². The lowest BCUT2D eigenvalue weighted by Gasteiger charge is -2.09. The summed E-state index contributed by atoms with van der Waals surface area (Å²) >= 11 is 6.43. The van der Waals surface area contributed by atoms with Crippen LogP contribution in [0.1, 0.15) is 17.0 Å². The van der Waals surface area contributed by atoms with Crippen molar-refractivity contribution in [1.82, 2.24) is 10.3 Å². The fraction of sp³-hybridized carbons (Fsp3) is 0.636. The van der Waals surface area contributed by atoms with E-state index in [2.05, 4.69) is 10.3 Å². The van der Waals surface area contributed by atoms with E-state index in [-0.39, 0.29) is 12.5 Å². The number of aliphatic hydroxyl groups excluding tert-OH is 1. The number of amides is 1. The van der Waals surface area contributed by atoms with Crippen molar-refractivity contribution in [2.24, 2.45) is 0 Å². The van der Waals surface area contributed by atoms with Crippen LogP contribution in [0.4, 0.5) is 0 Å². The predicted octanol–water partition coefficient (Wildman–Crippen LogP) is 1.17. The highest BCUT2D eigenvalue weighted by Gasteiger charge is 2.09. The van der Waals surface area contributed by atoms with Gasteiger partial charge < -0.3 is 20.1 Å². The highest BCUT2D eigenvalue weighted by molar-refractivity contribution is 7.73. The van der Waals surface area contributed by atoms with Crippen LogP contribution in [0.25, 0.3) is 0 Å². The SMILES string of the molecule is COCC(O)CCNC(=O)Cc1sc(=S)[nH]c1C. The molecule has 1 atom stereocenters. The quantitative estimate of drug-likeness (QED) is 0.659. The Balaban J connectivity index is 2.30. The smallest absolute Gasteiger partial charge is 0.225 e. The first-order valence-corrected chi connectivity index (χ1v) is 6.87. The maximum Gasteiger partial charge on any atom is 0.225 e. The molecule has 0 aliphatic carbocycles. The molecule has 0 aromatic carbocycles. The second-order valence-electron chi connectivity index (χ2n) is 3.99. The molecule has 0 fully saturated rings. The first-order chi connectivity index (χ1) is 8.52. The number of aliphatic hydroxyl groups is 1. The van der Waals surface area contributed by atoms with Gasteiger partial charge in [0.15, 0.2) is 3.95 Å². The summed E-state index contributed by atoms with van der Waals surface area (Å²) in [6, 6.07) is 0. The van der Waals surface area contributed by atoms with Crippen LogP contribution >= 0.6 is 23.6 Å². The van der Waals surface area contributed by atoms with Gasteiger partial charge in [0.2, 0.25) is 5.91 Å². The average Bonchev–Trinajstić information content (AvgIpc) is 2.57. The number of aromatic nitrogens is 1. The minimum absolute atomic E-state index is 0.0621. The largest absolute Gasteiger partial charge is 0.391 e. The van der Waals surface area contributed by atoms with E-state index in [1.54, 1.807) is 0 Å². The molecule has 7 heteroatoms. The van der Waals surface area contributed by atoms with Gasteiger partial charge in [0.25, 0.3) is 0 Å². The zero-order valence-corrected chi connectivity index (χ0v) is 12.1. The Morgan fingerprint density at radius 2 is 2.39 bits per heavy atom.